The van der Waals surface area contributed by atoms with Gasteiger partial charge in [0, 0.05) is 0 Å². The molecule has 1 aromatic carbocycles. The molecule has 0 radical (unpaired) electrons. The quantitative estimate of drug-likeness (QED) is 0.175. The lowest BCUT2D eigenvalue weighted by molar-refractivity contribution is 0.0319. The van der Waals surface area contributed by atoms with Gasteiger partial charge in [0.05, 0.1) is 23.8 Å². The van der Waals surface area contributed by atoms with Crippen molar-refractivity contribution in [2.45, 2.75) is 117 Å². The Bertz CT molecular complexity index is 611. The second-order valence-electron chi connectivity index (χ2n) is 8.61. The molecule has 0 saturated carbocycles. The number of esters is 2. The monoisotopic (exact) mass is 432 g/mol. The van der Waals surface area contributed by atoms with E-state index in [2.05, 4.69) is 13.8 Å². The predicted octanol–water partition coefficient (Wildman–Crippen LogP) is 7.89. The zero-order valence-corrected chi connectivity index (χ0v) is 20.1. The number of hydrogen-bond acceptors (Lipinski definition) is 4. The summed E-state index contributed by atoms with van der Waals surface area (Å²) in [7, 11) is 0. The number of hydrogen-bond donors (Lipinski definition) is 0. The summed E-state index contributed by atoms with van der Waals surface area (Å²) in [6, 6.07) is 6.64. The van der Waals surface area contributed by atoms with Crippen LogP contribution in [0.1, 0.15) is 131 Å². The van der Waals surface area contributed by atoms with Gasteiger partial charge in [0.2, 0.25) is 0 Å². The van der Waals surface area contributed by atoms with Crippen LogP contribution in [0.2, 0.25) is 0 Å². The first kappa shape index (κ1) is 27.2. The molecular weight excluding hydrogens is 388 g/mol. The molecule has 0 spiro atoms. The standard InChI is InChI=1S/C27H44O4/c1-4-6-8-9-10-11-12-13-14-16-21-30-26(28)24-19-17-20-25(22-24)27(29)31-23(3)18-15-7-5-2/h17,19-20,22-23H,4-16,18,21H2,1-3H3. The van der Waals surface area contributed by atoms with Gasteiger partial charge in [-0.3, -0.25) is 0 Å². The highest BCUT2D eigenvalue weighted by Crippen LogP contribution is 2.14. The van der Waals surface area contributed by atoms with Gasteiger partial charge in [-0.15, -0.1) is 0 Å². The van der Waals surface area contributed by atoms with Crippen molar-refractivity contribution in [3.63, 3.8) is 0 Å². The van der Waals surface area contributed by atoms with E-state index in [1.165, 1.54) is 51.4 Å². The molecule has 0 aliphatic carbocycles. The van der Waals surface area contributed by atoms with Crippen LogP contribution in [0, 0.1) is 0 Å². The molecular formula is C27H44O4. The molecule has 1 aromatic rings. The Balaban J connectivity index is 2.23. The van der Waals surface area contributed by atoms with E-state index < -0.39 is 0 Å². The van der Waals surface area contributed by atoms with Crippen molar-refractivity contribution in [2.24, 2.45) is 0 Å². The second-order valence-corrected chi connectivity index (χ2v) is 8.61. The molecule has 1 unspecified atom stereocenters. The van der Waals surface area contributed by atoms with Crippen molar-refractivity contribution in [1.82, 2.24) is 0 Å². The molecule has 0 fully saturated rings. The maximum absolute atomic E-state index is 12.3. The van der Waals surface area contributed by atoms with Crippen LogP contribution in [0.5, 0.6) is 0 Å². The second kappa shape index (κ2) is 17.8. The molecule has 0 saturated heterocycles. The van der Waals surface area contributed by atoms with Crippen molar-refractivity contribution in [3.8, 4) is 0 Å². The predicted molar refractivity (Wildman–Crippen MR) is 128 cm³/mol. The van der Waals surface area contributed by atoms with E-state index in [9.17, 15) is 9.59 Å². The van der Waals surface area contributed by atoms with E-state index in [4.69, 9.17) is 9.47 Å². The minimum atomic E-state index is -0.381. The Labute approximate surface area is 190 Å². The fraction of sp³-hybridized carbons (Fsp3) is 0.704. The molecule has 0 heterocycles. The number of unbranched alkanes of at least 4 members (excludes halogenated alkanes) is 11. The summed E-state index contributed by atoms with van der Waals surface area (Å²) in [6.45, 7) is 6.74. The molecule has 0 aromatic heterocycles. The first-order chi connectivity index (χ1) is 15.1. The molecule has 0 N–H and O–H groups in total. The molecule has 4 nitrogen and oxygen atoms in total. The minimum Gasteiger partial charge on any atom is -0.462 e. The van der Waals surface area contributed by atoms with Crippen LogP contribution >= 0.6 is 0 Å². The fourth-order valence-corrected chi connectivity index (χ4v) is 3.60. The lowest BCUT2D eigenvalue weighted by Crippen LogP contribution is -2.16. The third-order valence-corrected chi connectivity index (χ3v) is 5.59. The average molecular weight is 433 g/mol. The van der Waals surface area contributed by atoms with Crippen molar-refractivity contribution in [2.75, 3.05) is 6.61 Å². The number of ether oxygens (including phenoxy) is 2. The third-order valence-electron chi connectivity index (χ3n) is 5.59. The number of benzene rings is 1. The van der Waals surface area contributed by atoms with Gasteiger partial charge in [0.25, 0.3) is 0 Å². The van der Waals surface area contributed by atoms with Gasteiger partial charge in [0.15, 0.2) is 0 Å². The molecule has 176 valence electrons. The maximum Gasteiger partial charge on any atom is 0.338 e. The smallest absolute Gasteiger partial charge is 0.338 e. The van der Waals surface area contributed by atoms with Crippen LogP contribution in [0.4, 0.5) is 0 Å². The van der Waals surface area contributed by atoms with Crippen molar-refractivity contribution in [1.29, 1.82) is 0 Å². The number of rotatable bonds is 18. The van der Waals surface area contributed by atoms with Crippen LogP contribution in [0.3, 0.4) is 0 Å². The van der Waals surface area contributed by atoms with Crippen LogP contribution in [0.15, 0.2) is 24.3 Å². The van der Waals surface area contributed by atoms with Gasteiger partial charge in [-0.25, -0.2) is 9.59 Å². The highest BCUT2D eigenvalue weighted by atomic mass is 16.5. The highest BCUT2D eigenvalue weighted by molar-refractivity contribution is 5.95. The molecule has 0 amide bonds. The Hall–Kier alpha value is -1.84. The average Bonchev–Trinajstić information content (AvgIpc) is 2.77. The third kappa shape index (κ3) is 13.2. The van der Waals surface area contributed by atoms with Crippen LogP contribution in [-0.4, -0.2) is 24.6 Å². The lowest BCUT2D eigenvalue weighted by Gasteiger charge is -2.13. The van der Waals surface area contributed by atoms with Gasteiger partial charge in [-0.05, 0) is 44.4 Å². The number of carbonyl (C=O) groups is 2. The molecule has 4 heteroatoms. The van der Waals surface area contributed by atoms with E-state index in [1.54, 1.807) is 24.3 Å². The largest absolute Gasteiger partial charge is 0.462 e. The summed E-state index contributed by atoms with van der Waals surface area (Å²) in [6.07, 6.45) is 16.5. The lowest BCUT2D eigenvalue weighted by atomic mass is 10.1. The van der Waals surface area contributed by atoms with Gasteiger partial charge < -0.3 is 9.47 Å². The summed E-state index contributed by atoms with van der Waals surface area (Å²) in [5.41, 5.74) is 0.802. The van der Waals surface area contributed by atoms with Gasteiger partial charge in [0.1, 0.15) is 0 Å². The fourth-order valence-electron chi connectivity index (χ4n) is 3.60. The van der Waals surface area contributed by atoms with E-state index in [0.717, 1.165) is 38.5 Å². The normalized spacial score (nSPS) is 11.8. The van der Waals surface area contributed by atoms with E-state index in [-0.39, 0.29) is 18.0 Å². The van der Waals surface area contributed by atoms with Crippen molar-refractivity contribution in [3.05, 3.63) is 35.4 Å². The minimum absolute atomic E-state index is 0.119. The summed E-state index contributed by atoms with van der Waals surface area (Å²) >= 11 is 0. The molecule has 31 heavy (non-hydrogen) atoms. The number of carbonyl (C=O) groups excluding carboxylic acids is 2. The topological polar surface area (TPSA) is 52.6 Å². The van der Waals surface area contributed by atoms with E-state index in [1.807, 2.05) is 6.92 Å². The Morgan fingerprint density at radius 3 is 1.87 bits per heavy atom. The zero-order valence-electron chi connectivity index (χ0n) is 20.1. The maximum atomic E-state index is 12.3. The van der Waals surface area contributed by atoms with E-state index >= 15 is 0 Å². The molecule has 1 rings (SSSR count). The van der Waals surface area contributed by atoms with E-state index in [0.29, 0.717) is 17.7 Å². The highest BCUT2D eigenvalue weighted by Gasteiger charge is 2.15. The van der Waals surface area contributed by atoms with Crippen LogP contribution in [0.25, 0.3) is 0 Å². The zero-order chi connectivity index (χ0) is 22.7. The van der Waals surface area contributed by atoms with Gasteiger partial charge in [-0.1, -0.05) is 90.5 Å². The van der Waals surface area contributed by atoms with Gasteiger partial charge >= 0.3 is 11.9 Å². The van der Waals surface area contributed by atoms with Crippen LogP contribution < -0.4 is 0 Å². The summed E-state index contributed by atoms with van der Waals surface area (Å²) in [4.78, 5) is 24.6. The first-order valence-corrected chi connectivity index (χ1v) is 12.6. The Morgan fingerprint density at radius 2 is 1.26 bits per heavy atom. The Morgan fingerprint density at radius 1 is 0.742 bits per heavy atom. The van der Waals surface area contributed by atoms with Gasteiger partial charge in [-0.2, -0.15) is 0 Å². The van der Waals surface area contributed by atoms with Crippen LogP contribution in [-0.2, 0) is 9.47 Å². The molecule has 0 bridgehead atoms. The summed E-state index contributed by atoms with van der Waals surface area (Å²) in [5, 5.41) is 0. The SMILES string of the molecule is CCCCCCCCCCCCOC(=O)c1cccc(C(=O)OC(C)CCCCC)c1. The van der Waals surface area contributed by atoms with Crippen molar-refractivity contribution >= 4 is 11.9 Å². The summed E-state index contributed by atoms with van der Waals surface area (Å²) in [5.74, 6) is -0.755. The molecule has 0 aliphatic rings. The van der Waals surface area contributed by atoms with Crippen molar-refractivity contribution < 1.29 is 19.1 Å². The Kier molecular flexibility index (Phi) is 15.6. The molecule has 0 aliphatic heterocycles. The molecule has 1 atom stereocenters. The summed E-state index contributed by atoms with van der Waals surface area (Å²) < 4.78 is 10.9. The first-order valence-electron chi connectivity index (χ1n) is 12.6.